The topological polar surface area (TPSA) is 9.72 Å². The van der Waals surface area contributed by atoms with Gasteiger partial charge in [0.15, 0.2) is 0 Å². The van der Waals surface area contributed by atoms with E-state index in [0.717, 1.165) is 17.9 Å². The van der Waals surface area contributed by atoms with Gasteiger partial charge in [0.1, 0.15) is 0 Å². The summed E-state index contributed by atoms with van der Waals surface area (Å²) in [6.45, 7) is 7.80. The first-order chi connectivity index (χ1) is 8.26. The van der Waals surface area contributed by atoms with Gasteiger partial charge >= 0.3 is 0 Å². The second kappa shape index (κ2) is 5.08. The van der Waals surface area contributed by atoms with E-state index in [4.69, 9.17) is 0 Å². The van der Waals surface area contributed by atoms with Crippen LogP contribution in [0.3, 0.4) is 0 Å². The Kier molecular flexibility index (Phi) is 3.67. The van der Waals surface area contributed by atoms with Crippen molar-refractivity contribution in [1.82, 2.24) is 14.1 Å². The van der Waals surface area contributed by atoms with Gasteiger partial charge in [-0.3, -0.25) is 0 Å². The fourth-order valence-electron chi connectivity index (χ4n) is 3.93. The van der Waals surface area contributed by atoms with E-state index in [1.54, 1.807) is 0 Å². The van der Waals surface area contributed by atoms with E-state index in [9.17, 15) is 0 Å². The standard InChI is InChI=1S/C13H25N3S/c1-14-9-11-7-13(14)8-12(11)10-15-3-5-16(17-2)6-4-15/h11-13H,3-10H2,1-2H3/t11-,12+,13-/m0/s1. The van der Waals surface area contributed by atoms with Crippen LogP contribution in [0.25, 0.3) is 0 Å². The van der Waals surface area contributed by atoms with Gasteiger partial charge in [0.05, 0.1) is 0 Å². The summed E-state index contributed by atoms with van der Waals surface area (Å²) < 4.78 is 2.49. The molecule has 98 valence electrons. The van der Waals surface area contributed by atoms with E-state index in [2.05, 4.69) is 27.4 Å². The fraction of sp³-hybridized carbons (Fsp3) is 1.00. The molecule has 2 saturated heterocycles. The summed E-state index contributed by atoms with van der Waals surface area (Å²) >= 11 is 1.90. The number of hydrogen-bond acceptors (Lipinski definition) is 4. The first-order valence-electron chi connectivity index (χ1n) is 6.98. The van der Waals surface area contributed by atoms with Crippen molar-refractivity contribution in [3.8, 4) is 0 Å². The van der Waals surface area contributed by atoms with E-state index in [1.807, 2.05) is 11.9 Å². The SMILES string of the molecule is CSN1CCN(C[C@H]2C[C@@H]3C[C@H]2CN3C)CC1. The normalized spacial score (nSPS) is 40.2. The minimum atomic E-state index is 0.914. The molecule has 4 heteroatoms. The summed E-state index contributed by atoms with van der Waals surface area (Å²) in [6, 6.07) is 0.914. The van der Waals surface area contributed by atoms with Gasteiger partial charge in [0.2, 0.25) is 0 Å². The van der Waals surface area contributed by atoms with Crippen LogP contribution >= 0.6 is 11.9 Å². The minimum absolute atomic E-state index is 0.914. The number of nitrogens with zero attached hydrogens (tertiary/aromatic N) is 3. The van der Waals surface area contributed by atoms with Crippen LogP contribution < -0.4 is 0 Å². The molecule has 0 aromatic rings. The number of rotatable bonds is 3. The van der Waals surface area contributed by atoms with Crippen molar-refractivity contribution in [3.05, 3.63) is 0 Å². The Morgan fingerprint density at radius 1 is 1.12 bits per heavy atom. The first kappa shape index (κ1) is 12.3. The number of piperidine rings is 1. The largest absolute Gasteiger partial charge is 0.303 e. The van der Waals surface area contributed by atoms with Crippen LogP contribution in [0, 0.1) is 11.8 Å². The number of piperazine rings is 1. The number of fused-ring (bicyclic) bond motifs is 2. The van der Waals surface area contributed by atoms with Gasteiger partial charge in [-0.25, -0.2) is 4.31 Å². The Morgan fingerprint density at radius 3 is 2.41 bits per heavy atom. The highest BCUT2D eigenvalue weighted by Crippen LogP contribution is 2.41. The van der Waals surface area contributed by atoms with Gasteiger partial charge in [-0.2, -0.15) is 0 Å². The van der Waals surface area contributed by atoms with Crippen LogP contribution in [0.4, 0.5) is 0 Å². The van der Waals surface area contributed by atoms with Gasteiger partial charge in [-0.1, -0.05) is 11.9 Å². The predicted molar refractivity (Wildman–Crippen MR) is 74.2 cm³/mol. The molecule has 2 bridgehead atoms. The Balaban J connectivity index is 1.46. The summed E-state index contributed by atoms with van der Waals surface area (Å²) in [6.07, 6.45) is 5.14. The van der Waals surface area contributed by atoms with Crippen LogP contribution in [0.2, 0.25) is 0 Å². The average Bonchev–Trinajstić information content (AvgIpc) is 2.89. The molecule has 3 nitrogen and oxygen atoms in total. The zero-order chi connectivity index (χ0) is 11.8. The van der Waals surface area contributed by atoms with Crippen LogP contribution in [0.1, 0.15) is 12.8 Å². The lowest BCUT2D eigenvalue weighted by Gasteiger charge is -2.37. The molecule has 0 unspecified atom stereocenters. The van der Waals surface area contributed by atoms with Crippen LogP contribution in [0.5, 0.6) is 0 Å². The lowest BCUT2D eigenvalue weighted by Crippen LogP contribution is -2.46. The maximum Gasteiger partial charge on any atom is 0.0218 e. The Labute approximate surface area is 110 Å². The number of likely N-dealkylation sites (tertiary alicyclic amines) is 1. The Morgan fingerprint density at radius 2 is 1.88 bits per heavy atom. The van der Waals surface area contributed by atoms with Crippen LogP contribution in [-0.2, 0) is 0 Å². The molecule has 3 rings (SSSR count). The van der Waals surface area contributed by atoms with Crippen molar-refractivity contribution in [2.45, 2.75) is 18.9 Å². The lowest BCUT2D eigenvalue weighted by atomic mass is 9.94. The third-order valence-corrected chi connectivity index (χ3v) is 5.93. The van der Waals surface area contributed by atoms with Crippen molar-refractivity contribution in [2.75, 3.05) is 52.6 Å². The molecule has 2 aliphatic heterocycles. The Hall–Kier alpha value is 0.230. The molecule has 0 amide bonds. The van der Waals surface area contributed by atoms with E-state index >= 15 is 0 Å². The molecule has 1 aliphatic carbocycles. The molecule has 0 spiro atoms. The third-order valence-electron chi connectivity index (χ3n) is 5.04. The van der Waals surface area contributed by atoms with Gasteiger partial charge in [0, 0.05) is 45.3 Å². The highest BCUT2D eigenvalue weighted by Gasteiger charge is 2.43. The molecule has 3 atom stereocenters. The van der Waals surface area contributed by atoms with Gasteiger partial charge in [-0.15, -0.1) is 0 Å². The second-order valence-corrected chi connectivity index (χ2v) is 6.88. The predicted octanol–water partition coefficient (Wildman–Crippen LogP) is 1.22. The van der Waals surface area contributed by atoms with E-state index in [-0.39, 0.29) is 0 Å². The smallest absolute Gasteiger partial charge is 0.0218 e. The zero-order valence-corrected chi connectivity index (χ0v) is 12.0. The highest BCUT2D eigenvalue weighted by molar-refractivity contribution is 7.96. The van der Waals surface area contributed by atoms with Crippen molar-refractivity contribution in [1.29, 1.82) is 0 Å². The zero-order valence-electron chi connectivity index (χ0n) is 11.1. The molecule has 0 aromatic carbocycles. The third kappa shape index (κ3) is 2.50. The highest BCUT2D eigenvalue weighted by atomic mass is 32.2. The molecule has 0 radical (unpaired) electrons. The van der Waals surface area contributed by atoms with Crippen molar-refractivity contribution >= 4 is 11.9 Å². The summed E-state index contributed by atoms with van der Waals surface area (Å²) in [5.74, 6) is 2.00. The monoisotopic (exact) mass is 255 g/mol. The summed E-state index contributed by atoms with van der Waals surface area (Å²) in [4.78, 5) is 5.28. The van der Waals surface area contributed by atoms with E-state index < -0.39 is 0 Å². The molecular formula is C13H25N3S. The maximum atomic E-state index is 2.71. The molecular weight excluding hydrogens is 230 g/mol. The van der Waals surface area contributed by atoms with Crippen LogP contribution in [-0.4, -0.2) is 72.7 Å². The van der Waals surface area contributed by atoms with Gasteiger partial charge in [0.25, 0.3) is 0 Å². The molecule has 0 aromatic heterocycles. The quantitative estimate of drug-likeness (QED) is 0.701. The summed E-state index contributed by atoms with van der Waals surface area (Å²) in [5.41, 5.74) is 0. The van der Waals surface area contributed by atoms with Gasteiger partial charge in [-0.05, 0) is 38.0 Å². The van der Waals surface area contributed by atoms with Gasteiger partial charge < -0.3 is 9.80 Å². The van der Waals surface area contributed by atoms with E-state index in [0.29, 0.717) is 0 Å². The maximum absolute atomic E-state index is 2.71. The number of hydrogen-bond donors (Lipinski definition) is 0. The van der Waals surface area contributed by atoms with E-state index in [1.165, 1.54) is 52.1 Å². The average molecular weight is 255 g/mol. The van der Waals surface area contributed by atoms with Crippen molar-refractivity contribution < 1.29 is 0 Å². The Bertz CT molecular complexity index is 263. The van der Waals surface area contributed by atoms with Crippen molar-refractivity contribution in [2.24, 2.45) is 11.8 Å². The molecule has 1 saturated carbocycles. The molecule has 3 aliphatic rings. The molecule has 3 fully saturated rings. The summed E-state index contributed by atoms with van der Waals surface area (Å²) in [5, 5.41) is 0. The second-order valence-electron chi connectivity index (χ2n) is 6.00. The summed E-state index contributed by atoms with van der Waals surface area (Å²) in [7, 11) is 2.30. The fourth-order valence-corrected chi connectivity index (χ4v) is 4.46. The molecule has 17 heavy (non-hydrogen) atoms. The molecule has 0 N–H and O–H groups in total. The minimum Gasteiger partial charge on any atom is -0.303 e. The van der Waals surface area contributed by atoms with Crippen LogP contribution in [0.15, 0.2) is 0 Å². The molecule has 2 heterocycles. The first-order valence-corrected chi connectivity index (χ1v) is 8.16. The van der Waals surface area contributed by atoms with Crippen molar-refractivity contribution in [3.63, 3.8) is 0 Å². The lowest BCUT2D eigenvalue weighted by molar-refractivity contribution is 0.128.